The van der Waals surface area contributed by atoms with Crippen LogP contribution in [0.1, 0.15) is 72.9 Å². The summed E-state index contributed by atoms with van der Waals surface area (Å²) in [6, 6.07) is 7.08. The zero-order valence-electron chi connectivity index (χ0n) is 18.9. The van der Waals surface area contributed by atoms with Gasteiger partial charge >= 0.3 is 0 Å². The van der Waals surface area contributed by atoms with E-state index >= 15 is 0 Å². The number of hydrogen-bond acceptors (Lipinski definition) is 4. The molecule has 0 bridgehead atoms. The maximum Gasteiger partial charge on any atom is 0.255 e. The summed E-state index contributed by atoms with van der Waals surface area (Å²) in [5.74, 6) is 0.510. The molecule has 1 aliphatic carbocycles. The lowest BCUT2D eigenvalue weighted by Crippen LogP contribution is -2.49. The van der Waals surface area contributed by atoms with Crippen LogP contribution in [0.3, 0.4) is 0 Å². The van der Waals surface area contributed by atoms with E-state index in [0.29, 0.717) is 31.0 Å². The van der Waals surface area contributed by atoms with Gasteiger partial charge in [-0.25, -0.2) is 0 Å². The Labute approximate surface area is 190 Å². The third kappa shape index (κ3) is 4.48. The Balaban J connectivity index is 1.26. The number of nitrogens with zero attached hydrogens (tertiary/aromatic N) is 1. The molecular weight excluding hydrogens is 402 g/mol. The van der Waals surface area contributed by atoms with Crippen LogP contribution in [0.5, 0.6) is 0 Å². The van der Waals surface area contributed by atoms with Crippen molar-refractivity contribution in [3.05, 3.63) is 47.2 Å². The number of hydrogen-bond donors (Lipinski definition) is 2. The second-order valence-electron chi connectivity index (χ2n) is 9.98. The Morgan fingerprint density at radius 3 is 2.72 bits per heavy atom. The average Bonchev–Trinajstić information content (AvgIpc) is 3.11. The summed E-state index contributed by atoms with van der Waals surface area (Å²) >= 11 is 0. The molecule has 3 fully saturated rings. The van der Waals surface area contributed by atoms with E-state index in [9.17, 15) is 9.59 Å². The number of amides is 2. The molecule has 0 aromatic heterocycles. The van der Waals surface area contributed by atoms with Crippen LogP contribution < -0.4 is 10.6 Å². The van der Waals surface area contributed by atoms with Crippen molar-refractivity contribution in [2.45, 2.75) is 82.5 Å². The molecule has 2 N–H and O–H groups in total. The number of carbonyl (C=O) groups excluding carboxylic acids is 2. The van der Waals surface area contributed by atoms with Crippen LogP contribution in [0.4, 0.5) is 0 Å². The van der Waals surface area contributed by atoms with Gasteiger partial charge in [-0.1, -0.05) is 31.6 Å². The van der Waals surface area contributed by atoms with Crippen molar-refractivity contribution in [1.82, 2.24) is 15.5 Å². The summed E-state index contributed by atoms with van der Waals surface area (Å²) in [6.45, 7) is 6.12. The molecule has 1 aromatic carbocycles. The van der Waals surface area contributed by atoms with E-state index in [2.05, 4.69) is 29.3 Å². The van der Waals surface area contributed by atoms with Crippen LogP contribution in [0, 0.1) is 5.92 Å². The van der Waals surface area contributed by atoms with Crippen LogP contribution in [0.15, 0.2) is 30.5 Å². The minimum atomic E-state index is -0.393. The van der Waals surface area contributed by atoms with Gasteiger partial charge in [-0.15, -0.1) is 0 Å². The van der Waals surface area contributed by atoms with Crippen LogP contribution in [-0.2, 0) is 22.5 Å². The highest BCUT2D eigenvalue weighted by Gasteiger charge is 2.38. The molecule has 0 spiro atoms. The molecular formula is C26H35N3O3. The molecule has 3 atom stereocenters. The molecule has 6 heteroatoms. The number of allylic oxidation sites excluding steroid dienone is 1. The third-order valence-electron chi connectivity index (χ3n) is 7.78. The van der Waals surface area contributed by atoms with E-state index < -0.39 is 6.04 Å². The fourth-order valence-corrected chi connectivity index (χ4v) is 5.98. The molecule has 6 nitrogen and oxygen atoms in total. The first-order valence-electron chi connectivity index (χ1n) is 12.3. The van der Waals surface area contributed by atoms with Gasteiger partial charge in [0.1, 0.15) is 6.04 Å². The van der Waals surface area contributed by atoms with E-state index in [1.165, 1.54) is 31.2 Å². The third-order valence-corrected chi connectivity index (χ3v) is 7.78. The molecule has 3 aliphatic heterocycles. The molecule has 172 valence electrons. The standard InChI is InChI=1S/C26H35N3O3/c1-17-6-9-24(25(30)27-17)29-16-20-15-18(7-8-22(20)26(29)31)14-19-4-2-3-5-23(19)28-21-10-12-32-13-11-21/h7-8,15,19,21,23-24,28H,1-6,9-14,16H2,(H,27,30)/t19-,23+,24?/m1/s1. The molecule has 1 saturated carbocycles. The number of nitrogens with one attached hydrogen (secondary N) is 2. The van der Waals surface area contributed by atoms with E-state index in [1.54, 1.807) is 4.90 Å². The molecule has 5 rings (SSSR count). The van der Waals surface area contributed by atoms with Crippen molar-refractivity contribution in [3.63, 3.8) is 0 Å². The number of ether oxygens (including phenoxy) is 1. The quantitative estimate of drug-likeness (QED) is 0.742. The van der Waals surface area contributed by atoms with Gasteiger partial charge in [0.05, 0.1) is 0 Å². The van der Waals surface area contributed by atoms with Crippen molar-refractivity contribution < 1.29 is 14.3 Å². The molecule has 1 aromatic rings. The van der Waals surface area contributed by atoms with Crippen LogP contribution in [-0.4, -0.2) is 48.1 Å². The van der Waals surface area contributed by atoms with Gasteiger partial charge in [0.25, 0.3) is 5.91 Å². The number of piperidine rings is 1. The Kier molecular flexibility index (Phi) is 6.33. The smallest absolute Gasteiger partial charge is 0.255 e. The topological polar surface area (TPSA) is 70.7 Å². The van der Waals surface area contributed by atoms with Crippen molar-refractivity contribution in [1.29, 1.82) is 0 Å². The highest BCUT2D eigenvalue weighted by Crippen LogP contribution is 2.32. The maximum atomic E-state index is 13.0. The number of carbonyl (C=O) groups is 2. The van der Waals surface area contributed by atoms with Gasteiger partial charge in [-0.2, -0.15) is 0 Å². The molecule has 2 saturated heterocycles. The highest BCUT2D eigenvalue weighted by atomic mass is 16.5. The minimum Gasteiger partial charge on any atom is -0.381 e. The van der Waals surface area contributed by atoms with Crippen molar-refractivity contribution >= 4 is 11.8 Å². The Morgan fingerprint density at radius 2 is 1.91 bits per heavy atom. The molecule has 32 heavy (non-hydrogen) atoms. The molecule has 4 aliphatic rings. The Hall–Kier alpha value is -2.18. The zero-order chi connectivity index (χ0) is 22.1. The zero-order valence-corrected chi connectivity index (χ0v) is 18.9. The van der Waals surface area contributed by atoms with Crippen LogP contribution in [0.25, 0.3) is 0 Å². The first-order chi connectivity index (χ1) is 15.6. The Bertz CT molecular complexity index is 892. The van der Waals surface area contributed by atoms with Crippen molar-refractivity contribution in [2.75, 3.05) is 13.2 Å². The lowest BCUT2D eigenvalue weighted by molar-refractivity contribution is -0.126. The van der Waals surface area contributed by atoms with E-state index in [-0.39, 0.29) is 11.8 Å². The fourth-order valence-electron chi connectivity index (χ4n) is 5.98. The molecule has 3 heterocycles. The minimum absolute atomic E-state index is 0.0176. The lowest BCUT2D eigenvalue weighted by Gasteiger charge is -2.36. The summed E-state index contributed by atoms with van der Waals surface area (Å²) in [6.07, 6.45) is 9.77. The lowest BCUT2D eigenvalue weighted by atomic mass is 9.80. The van der Waals surface area contributed by atoms with E-state index in [4.69, 9.17) is 4.74 Å². The average molecular weight is 438 g/mol. The SMILES string of the molecule is C=C1CCC(N2Cc3cc(C[C@H]4CCCC[C@@H]4NC4CCOCC4)ccc3C2=O)C(=O)N1. The molecule has 2 amide bonds. The van der Waals surface area contributed by atoms with E-state index in [1.807, 2.05) is 6.07 Å². The van der Waals surface area contributed by atoms with Gasteiger partial charge in [-0.05, 0) is 68.1 Å². The summed E-state index contributed by atoms with van der Waals surface area (Å²) in [7, 11) is 0. The van der Waals surface area contributed by atoms with Gasteiger partial charge in [0.2, 0.25) is 5.91 Å². The summed E-state index contributed by atoms with van der Waals surface area (Å²) in [4.78, 5) is 27.2. The predicted molar refractivity (Wildman–Crippen MR) is 123 cm³/mol. The van der Waals surface area contributed by atoms with Crippen molar-refractivity contribution in [2.24, 2.45) is 5.92 Å². The summed E-state index contributed by atoms with van der Waals surface area (Å²) in [5.41, 5.74) is 3.88. The second-order valence-corrected chi connectivity index (χ2v) is 9.98. The van der Waals surface area contributed by atoms with Crippen LogP contribution in [0.2, 0.25) is 0 Å². The van der Waals surface area contributed by atoms with Crippen LogP contribution >= 0.6 is 0 Å². The summed E-state index contributed by atoms with van der Waals surface area (Å²) < 4.78 is 5.53. The number of fused-ring (bicyclic) bond motifs is 1. The summed E-state index contributed by atoms with van der Waals surface area (Å²) in [5, 5.41) is 6.77. The normalized spacial score (nSPS) is 29.2. The fraction of sp³-hybridized carbons (Fsp3) is 0.615. The largest absolute Gasteiger partial charge is 0.381 e. The highest BCUT2D eigenvalue weighted by molar-refractivity contribution is 6.01. The van der Waals surface area contributed by atoms with E-state index in [0.717, 1.165) is 55.7 Å². The number of rotatable bonds is 5. The maximum absolute atomic E-state index is 13.0. The molecule has 0 radical (unpaired) electrons. The second kappa shape index (κ2) is 9.36. The van der Waals surface area contributed by atoms with Gasteiger partial charge in [0.15, 0.2) is 0 Å². The van der Waals surface area contributed by atoms with Crippen molar-refractivity contribution in [3.8, 4) is 0 Å². The predicted octanol–water partition coefficient (Wildman–Crippen LogP) is 3.30. The number of benzene rings is 1. The first-order valence-corrected chi connectivity index (χ1v) is 12.3. The monoisotopic (exact) mass is 437 g/mol. The van der Waals surface area contributed by atoms with Gasteiger partial charge in [0, 0.05) is 43.1 Å². The van der Waals surface area contributed by atoms with Gasteiger partial charge in [-0.3, -0.25) is 9.59 Å². The molecule has 1 unspecified atom stereocenters. The van der Waals surface area contributed by atoms with Gasteiger partial charge < -0.3 is 20.3 Å². The Morgan fingerprint density at radius 1 is 1.09 bits per heavy atom. The first kappa shape index (κ1) is 21.7.